The van der Waals surface area contributed by atoms with Crippen molar-refractivity contribution in [2.24, 2.45) is 0 Å². The summed E-state index contributed by atoms with van der Waals surface area (Å²) in [5, 5.41) is 3.58. The number of carbonyl (C=O) groups is 2. The zero-order valence-electron chi connectivity index (χ0n) is 24.9. The second kappa shape index (κ2) is 15.4. The molecule has 0 spiro atoms. The number of carbonyl (C=O) groups excluding carboxylic acids is 2. The van der Waals surface area contributed by atoms with Crippen LogP contribution in [0.2, 0.25) is 10.0 Å². The molecule has 7 nitrogen and oxygen atoms in total. The summed E-state index contributed by atoms with van der Waals surface area (Å²) in [6.45, 7) is 3.36. The number of halogens is 3. The van der Waals surface area contributed by atoms with Crippen molar-refractivity contribution in [1.82, 2.24) is 10.2 Å². The van der Waals surface area contributed by atoms with Gasteiger partial charge in [-0.3, -0.25) is 13.9 Å². The third kappa shape index (κ3) is 8.84. The van der Waals surface area contributed by atoms with Crippen LogP contribution in [-0.2, 0) is 32.6 Å². The highest BCUT2D eigenvalue weighted by Crippen LogP contribution is 2.27. The van der Waals surface area contributed by atoms with Gasteiger partial charge in [0.25, 0.3) is 10.0 Å². The van der Waals surface area contributed by atoms with Crippen LogP contribution in [0.3, 0.4) is 0 Å². The second-order valence-corrected chi connectivity index (χ2v) is 13.3. The molecule has 0 saturated carbocycles. The molecular weight excluding hydrogens is 636 g/mol. The van der Waals surface area contributed by atoms with Gasteiger partial charge in [-0.05, 0) is 73.0 Å². The average molecular weight is 671 g/mol. The van der Waals surface area contributed by atoms with Gasteiger partial charge in [0.15, 0.2) is 0 Å². The Morgan fingerprint density at radius 3 is 2.20 bits per heavy atom. The number of amides is 2. The van der Waals surface area contributed by atoms with E-state index in [-0.39, 0.29) is 28.6 Å². The van der Waals surface area contributed by atoms with Gasteiger partial charge in [-0.15, -0.1) is 0 Å². The van der Waals surface area contributed by atoms with Crippen molar-refractivity contribution in [3.63, 3.8) is 0 Å². The maximum Gasteiger partial charge on any atom is 0.264 e. The van der Waals surface area contributed by atoms with Crippen LogP contribution in [0.4, 0.5) is 10.1 Å². The third-order valence-electron chi connectivity index (χ3n) is 7.18. The van der Waals surface area contributed by atoms with Gasteiger partial charge in [0.1, 0.15) is 18.4 Å². The number of nitrogens with zero attached hydrogens (tertiary/aromatic N) is 2. The first-order chi connectivity index (χ1) is 21.5. The van der Waals surface area contributed by atoms with Crippen molar-refractivity contribution in [2.45, 2.75) is 44.2 Å². The molecule has 1 atom stereocenters. The summed E-state index contributed by atoms with van der Waals surface area (Å²) < 4.78 is 42.9. The predicted molar refractivity (Wildman–Crippen MR) is 176 cm³/mol. The van der Waals surface area contributed by atoms with Crippen molar-refractivity contribution in [3.8, 4) is 0 Å². The zero-order valence-corrected chi connectivity index (χ0v) is 27.2. The molecule has 0 unspecified atom stereocenters. The number of rotatable bonds is 13. The van der Waals surface area contributed by atoms with Crippen LogP contribution < -0.4 is 9.62 Å². The molecule has 0 aliphatic rings. The highest BCUT2D eigenvalue weighted by molar-refractivity contribution is 7.92. The minimum absolute atomic E-state index is 0.0426. The van der Waals surface area contributed by atoms with Crippen molar-refractivity contribution in [3.05, 3.63) is 130 Å². The molecule has 0 heterocycles. The standard InChI is InChI=1S/C34H34Cl2FN3O4S/c1-3-19-38-34(42)32(20-25-7-5-4-6-8-25)39(22-26-11-12-27(35)21-31(26)36)33(41)23-40(29-15-13-28(37)14-16-29)45(43,44)30-17-9-24(2)10-18-30/h4-18,21,32H,3,19-20,22-23H2,1-2H3,(H,38,42)/t32-/m0/s1. The quantitative estimate of drug-likeness (QED) is 0.170. The number of hydrogen-bond acceptors (Lipinski definition) is 4. The Labute approximate surface area is 273 Å². The van der Waals surface area contributed by atoms with Crippen LogP contribution in [0.1, 0.15) is 30.0 Å². The van der Waals surface area contributed by atoms with Crippen LogP contribution in [0.5, 0.6) is 0 Å². The highest BCUT2D eigenvalue weighted by atomic mass is 35.5. The van der Waals surface area contributed by atoms with E-state index in [1.165, 1.54) is 35.2 Å². The monoisotopic (exact) mass is 669 g/mol. The van der Waals surface area contributed by atoms with Gasteiger partial charge in [0.2, 0.25) is 11.8 Å². The second-order valence-electron chi connectivity index (χ2n) is 10.6. The fourth-order valence-corrected chi connectivity index (χ4v) is 6.61. The van der Waals surface area contributed by atoms with Crippen LogP contribution in [0, 0.1) is 12.7 Å². The Morgan fingerprint density at radius 1 is 0.911 bits per heavy atom. The third-order valence-corrected chi connectivity index (χ3v) is 9.55. The minimum Gasteiger partial charge on any atom is -0.354 e. The number of benzene rings is 4. The van der Waals surface area contributed by atoms with Gasteiger partial charge in [0.05, 0.1) is 10.6 Å². The van der Waals surface area contributed by atoms with Crippen molar-refractivity contribution in [1.29, 1.82) is 0 Å². The lowest BCUT2D eigenvalue weighted by Crippen LogP contribution is -2.53. The first-order valence-corrected chi connectivity index (χ1v) is 16.6. The Bertz CT molecular complexity index is 1720. The summed E-state index contributed by atoms with van der Waals surface area (Å²) in [5.41, 5.74) is 2.26. The van der Waals surface area contributed by atoms with E-state index in [9.17, 15) is 22.4 Å². The molecule has 1 N–H and O–H groups in total. The van der Waals surface area contributed by atoms with E-state index in [1.807, 2.05) is 44.2 Å². The number of nitrogens with one attached hydrogen (secondary N) is 1. The Morgan fingerprint density at radius 2 is 1.58 bits per heavy atom. The van der Waals surface area contributed by atoms with Crippen LogP contribution in [0.15, 0.2) is 102 Å². The summed E-state index contributed by atoms with van der Waals surface area (Å²) in [5.74, 6) is -1.62. The van der Waals surface area contributed by atoms with Gasteiger partial charge in [-0.25, -0.2) is 12.8 Å². The molecule has 2 amide bonds. The zero-order chi connectivity index (χ0) is 32.6. The molecule has 4 aromatic rings. The lowest BCUT2D eigenvalue weighted by atomic mass is 10.0. The first kappa shape index (κ1) is 34.0. The SMILES string of the molecule is CCCNC(=O)[C@H](Cc1ccccc1)N(Cc1ccc(Cl)cc1Cl)C(=O)CN(c1ccc(F)cc1)S(=O)(=O)c1ccc(C)cc1. The Hall–Kier alpha value is -3.92. The minimum atomic E-state index is -4.30. The van der Waals surface area contributed by atoms with Crippen LogP contribution >= 0.6 is 23.2 Å². The maximum absolute atomic E-state index is 14.4. The van der Waals surface area contributed by atoms with E-state index < -0.39 is 40.2 Å². The number of sulfonamides is 1. The van der Waals surface area contributed by atoms with E-state index in [0.717, 1.165) is 27.6 Å². The van der Waals surface area contributed by atoms with Gasteiger partial charge in [-0.2, -0.15) is 0 Å². The summed E-state index contributed by atoms with van der Waals surface area (Å²) >= 11 is 12.7. The topological polar surface area (TPSA) is 86.8 Å². The number of aryl methyl sites for hydroxylation is 1. The lowest BCUT2D eigenvalue weighted by molar-refractivity contribution is -0.140. The molecule has 4 rings (SSSR count). The molecule has 4 aromatic carbocycles. The van der Waals surface area contributed by atoms with Gasteiger partial charge in [-0.1, -0.05) is 84.2 Å². The molecule has 0 radical (unpaired) electrons. The van der Waals surface area contributed by atoms with E-state index in [2.05, 4.69) is 5.32 Å². The normalized spacial score (nSPS) is 11.9. The molecule has 45 heavy (non-hydrogen) atoms. The molecular formula is C34H34Cl2FN3O4S. The Balaban J connectivity index is 1.81. The van der Waals surface area contributed by atoms with Crippen molar-refractivity contribution in [2.75, 3.05) is 17.4 Å². The van der Waals surface area contributed by atoms with E-state index in [4.69, 9.17) is 23.2 Å². The van der Waals surface area contributed by atoms with E-state index in [1.54, 1.807) is 24.3 Å². The number of hydrogen-bond donors (Lipinski definition) is 1. The Kier molecular flexibility index (Phi) is 11.6. The molecule has 0 bridgehead atoms. The smallest absolute Gasteiger partial charge is 0.264 e. The number of anilines is 1. The van der Waals surface area contributed by atoms with Gasteiger partial charge >= 0.3 is 0 Å². The van der Waals surface area contributed by atoms with Crippen molar-refractivity contribution < 1.29 is 22.4 Å². The molecule has 0 fully saturated rings. The maximum atomic E-state index is 14.4. The summed E-state index contributed by atoms with van der Waals surface area (Å²) in [6, 6.07) is 24.1. The summed E-state index contributed by atoms with van der Waals surface area (Å²) in [7, 11) is -4.30. The predicted octanol–water partition coefficient (Wildman–Crippen LogP) is 6.80. The molecule has 236 valence electrons. The molecule has 0 aromatic heterocycles. The molecule has 0 saturated heterocycles. The first-order valence-electron chi connectivity index (χ1n) is 14.4. The van der Waals surface area contributed by atoms with Gasteiger partial charge in [0, 0.05) is 29.6 Å². The largest absolute Gasteiger partial charge is 0.354 e. The highest BCUT2D eigenvalue weighted by Gasteiger charge is 2.35. The lowest BCUT2D eigenvalue weighted by Gasteiger charge is -2.34. The van der Waals surface area contributed by atoms with Crippen molar-refractivity contribution >= 4 is 50.7 Å². The van der Waals surface area contributed by atoms with E-state index in [0.29, 0.717) is 23.6 Å². The fourth-order valence-electron chi connectivity index (χ4n) is 4.73. The van der Waals surface area contributed by atoms with E-state index >= 15 is 0 Å². The molecule has 0 aliphatic heterocycles. The average Bonchev–Trinajstić information content (AvgIpc) is 3.02. The molecule has 0 aliphatic carbocycles. The van der Waals surface area contributed by atoms with Crippen LogP contribution in [0.25, 0.3) is 0 Å². The summed E-state index contributed by atoms with van der Waals surface area (Å²) in [6.07, 6.45) is 0.836. The van der Waals surface area contributed by atoms with Gasteiger partial charge < -0.3 is 10.2 Å². The summed E-state index contributed by atoms with van der Waals surface area (Å²) in [4.78, 5) is 29.4. The fraction of sp³-hybridized carbons (Fsp3) is 0.235. The molecule has 11 heteroatoms. The van der Waals surface area contributed by atoms with Crippen LogP contribution in [-0.4, -0.2) is 44.3 Å².